The Morgan fingerprint density at radius 2 is 2.09 bits per heavy atom. The minimum Gasteiger partial charge on any atom is -0.464 e. The topological polar surface area (TPSA) is 76.1 Å². The van der Waals surface area contributed by atoms with E-state index in [0.29, 0.717) is 6.42 Å². The van der Waals surface area contributed by atoms with Crippen molar-refractivity contribution in [3.05, 3.63) is 29.3 Å². The smallest absolute Gasteiger partial charge is 0.335 e. The zero-order valence-electron chi connectivity index (χ0n) is 13.4. The predicted octanol–water partition coefficient (Wildman–Crippen LogP) is 2.00. The van der Waals surface area contributed by atoms with Crippen molar-refractivity contribution >= 4 is 10.3 Å². The molecule has 1 N–H and O–H groups in total. The van der Waals surface area contributed by atoms with Crippen molar-refractivity contribution < 1.29 is 22.4 Å². The van der Waals surface area contributed by atoms with Gasteiger partial charge in [-0.05, 0) is 31.9 Å². The molecule has 6 nitrogen and oxygen atoms in total. The summed E-state index contributed by atoms with van der Waals surface area (Å²) in [5, 5.41) is 0. The van der Waals surface area contributed by atoms with Gasteiger partial charge in [-0.15, -0.1) is 0 Å². The van der Waals surface area contributed by atoms with E-state index >= 15 is 0 Å². The number of hydrogen-bond donors (Lipinski definition) is 1. The molecule has 0 amide bonds. The molecule has 0 aliphatic carbocycles. The summed E-state index contributed by atoms with van der Waals surface area (Å²) in [6, 6.07) is 5.81. The summed E-state index contributed by atoms with van der Waals surface area (Å²) >= 11 is 0. The molecule has 124 valence electrons. The first-order chi connectivity index (χ1) is 10.2. The number of fused-ring (bicyclic) bond motifs is 1. The van der Waals surface area contributed by atoms with Crippen molar-refractivity contribution in [2.75, 3.05) is 20.2 Å². The molecule has 0 bridgehead atoms. The number of ether oxygens (including phenoxy) is 2. The number of methoxy groups -OCH3 is 1. The van der Waals surface area contributed by atoms with E-state index in [1.165, 1.54) is 0 Å². The molecule has 1 atom stereocenters. The highest BCUT2D eigenvalue weighted by molar-refractivity contribution is 7.83. The molecule has 1 aromatic rings. The lowest BCUT2D eigenvalue weighted by Gasteiger charge is -2.24. The van der Waals surface area contributed by atoms with E-state index in [2.05, 4.69) is 0 Å². The third-order valence-electron chi connectivity index (χ3n) is 4.10. The Morgan fingerprint density at radius 1 is 1.41 bits per heavy atom. The Balaban J connectivity index is 2.17. The molecule has 1 aromatic carbocycles. The second-order valence-corrected chi connectivity index (χ2v) is 7.37. The largest absolute Gasteiger partial charge is 0.464 e. The Labute approximate surface area is 131 Å². The quantitative estimate of drug-likeness (QED) is 0.808. The minimum absolute atomic E-state index is 0.239. The van der Waals surface area contributed by atoms with Gasteiger partial charge in [-0.2, -0.15) is 12.7 Å². The van der Waals surface area contributed by atoms with Crippen molar-refractivity contribution in [1.29, 1.82) is 0 Å². The molecular weight excluding hydrogens is 306 g/mol. The van der Waals surface area contributed by atoms with Crippen molar-refractivity contribution in [2.24, 2.45) is 0 Å². The standard InChI is InChI=1S/C15H23NO5S/c1-5-16(22(17,18)19)9-8-11-6-7-13-12(10-11)15(2,3)14(20-4)21-13/h6-7,10,14H,5,8-9H2,1-4H3,(H,17,18,19). The van der Waals surface area contributed by atoms with Crippen LogP contribution in [0, 0.1) is 0 Å². The van der Waals surface area contributed by atoms with Gasteiger partial charge in [-0.25, -0.2) is 0 Å². The lowest BCUT2D eigenvalue weighted by Crippen LogP contribution is -2.33. The van der Waals surface area contributed by atoms with Crippen LogP contribution in [0.1, 0.15) is 31.9 Å². The van der Waals surface area contributed by atoms with Crippen LogP contribution in [0.15, 0.2) is 18.2 Å². The second-order valence-electron chi connectivity index (χ2n) is 5.96. The van der Waals surface area contributed by atoms with Crippen molar-refractivity contribution in [2.45, 2.75) is 38.9 Å². The van der Waals surface area contributed by atoms with Crippen LogP contribution in [0.25, 0.3) is 0 Å². The van der Waals surface area contributed by atoms with Gasteiger partial charge in [0.05, 0.1) is 5.41 Å². The lowest BCUT2D eigenvalue weighted by molar-refractivity contribution is -0.0779. The normalized spacial score (nSPS) is 20.0. The van der Waals surface area contributed by atoms with Gasteiger partial charge in [-0.1, -0.05) is 19.1 Å². The van der Waals surface area contributed by atoms with Crippen LogP contribution in [-0.4, -0.2) is 43.8 Å². The summed E-state index contributed by atoms with van der Waals surface area (Å²) in [6.45, 7) is 6.27. The van der Waals surface area contributed by atoms with Gasteiger partial charge in [0.2, 0.25) is 6.29 Å². The molecule has 1 aliphatic heterocycles. The number of benzene rings is 1. The SMILES string of the molecule is CCN(CCc1ccc2c(c1)C(C)(C)C(OC)O2)S(=O)(=O)O. The average Bonchev–Trinajstić information content (AvgIpc) is 2.69. The molecule has 0 spiro atoms. The Hall–Kier alpha value is -1.15. The molecular formula is C15H23NO5S. The van der Waals surface area contributed by atoms with Crippen molar-refractivity contribution in [3.63, 3.8) is 0 Å². The second kappa shape index (κ2) is 6.16. The highest BCUT2D eigenvalue weighted by atomic mass is 32.2. The predicted molar refractivity (Wildman–Crippen MR) is 83.4 cm³/mol. The maximum Gasteiger partial charge on any atom is 0.335 e. The van der Waals surface area contributed by atoms with Crippen LogP contribution in [0.2, 0.25) is 0 Å². The van der Waals surface area contributed by atoms with Gasteiger partial charge in [0.1, 0.15) is 5.75 Å². The summed E-state index contributed by atoms with van der Waals surface area (Å²) in [6.07, 6.45) is 0.192. The highest BCUT2D eigenvalue weighted by Crippen LogP contribution is 2.43. The Kier molecular flexibility index (Phi) is 4.81. The van der Waals surface area contributed by atoms with Crippen LogP contribution >= 0.6 is 0 Å². The molecule has 0 radical (unpaired) electrons. The summed E-state index contributed by atoms with van der Waals surface area (Å²) in [5.41, 5.74) is 1.77. The zero-order chi connectivity index (χ0) is 16.5. The third-order valence-corrected chi connectivity index (χ3v) is 5.20. The fourth-order valence-corrected chi connectivity index (χ4v) is 3.41. The average molecular weight is 329 g/mol. The highest BCUT2D eigenvalue weighted by Gasteiger charge is 2.42. The molecule has 1 heterocycles. The van der Waals surface area contributed by atoms with Gasteiger partial charge >= 0.3 is 10.3 Å². The van der Waals surface area contributed by atoms with Crippen LogP contribution in [0.5, 0.6) is 5.75 Å². The molecule has 1 aliphatic rings. The van der Waals surface area contributed by atoms with Crippen molar-refractivity contribution in [3.8, 4) is 5.75 Å². The number of hydrogen-bond acceptors (Lipinski definition) is 4. The van der Waals surface area contributed by atoms with Crippen LogP contribution < -0.4 is 4.74 Å². The van der Waals surface area contributed by atoms with E-state index in [9.17, 15) is 8.42 Å². The molecule has 0 aromatic heterocycles. The van der Waals surface area contributed by atoms with Crippen molar-refractivity contribution in [1.82, 2.24) is 4.31 Å². The van der Waals surface area contributed by atoms with E-state index < -0.39 is 10.3 Å². The summed E-state index contributed by atoms with van der Waals surface area (Å²) in [7, 11) is -2.53. The molecule has 22 heavy (non-hydrogen) atoms. The molecule has 0 saturated carbocycles. The van der Waals surface area contributed by atoms with Crippen LogP contribution in [0.3, 0.4) is 0 Å². The summed E-state index contributed by atoms with van der Waals surface area (Å²) < 4.78 is 43.7. The molecule has 0 fully saturated rings. The lowest BCUT2D eigenvalue weighted by atomic mass is 9.84. The van der Waals surface area contributed by atoms with E-state index in [4.69, 9.17) is 14.0 Å². The van der Waals surface area contributed by atoms with Crippen LogP contribution in [0.4, 0.5) is 0 Å². The maximum atomic E-state index is 11.2. The van der Waals surface area contributed by atoms with Crippen LogP contribution in [-0.2, 0) is 26.9 Å². The number of likely N-dealkylation sites (N-methyl/N-ethyl adjacent to an activating group) is 1. The van der Waals surface area contributed by atoms with E-state index in [1.807, 2.05) is 32.0 Å². The Bertz CT molecular complexity index is 641. The fraction of sp³-hybridized carbons (Fsp3) is 0.600. The Morgan fingerprint density at radius 3 is 2.64 bits per heavy atom. The van der Waals surface area contributed by atoms with Gasteiger partial charge < -0.3 is 9.47 Å². The third kappa shape index (κ3) is 3.27. The molecule has 1 unspecified atom stereocenters. The molecule has 7 heteroatoms. The summed E-state index contributed by atoms with van der Waals surface area (Å²) in [4.78, 5) is 0. The number of rotatable bonds is 6. The molecule has 0 saturated heterocycles. The maximum absolute atomic E-state index is 11.2. The van der Waals surface area contributed by atoms with E-state index in [1.54, 1.807) is 14.0 Å². The first kappa shape index (κ1) is 17.2. The minimum atomic E-state index is -4.14. The monoisotopic (exact) mass is 329 g/mol. The first-order valence-corrected chi connectivity index (χ1v) is 8.65. The van der Waals surface area contributed by atoms with Gasteiger partial charge in [-0.3, -0.25) is 4.55 Å². The van der Waals surface area contributed by atoms with Gasteiger partial charge in [0.15, 0.2) is 0 Å². The first-order valence-electron chi connectivity index (χ1n) is 7.25. The van der Waals surface area contributed by atoms with Gasteiger partial charge in [0, 0.05) is 25.8 Å². The zero-order valence-corrected chi connectivity index (χ0v) is 14.2. The fourth-order valence-electron chi connectivity index (χ4n) is 2.76. The van der Waals surface area contributed by atoms with Gasteiger partial charge in [0.25, 0.3) is 0 Å². The van der Waals surface area contributed by atoms with E-state index in [0.717, 1.165) is 21.2 Å². The number of nitrogens with zero attached hydrogens (tertiary/aromatic N) is 1. The van der Waals surface area contributed by atoms with E-state index in [-0.39, 0.29) is 24.8 Å². The molecule has 2 rings (SSSR count). The summed E-state index contributed by atoms with van der Waals surface area (Å²) in [5.74, 6) is 0.794.